The van der Waals surface area contributed by atoms with E-state index in [0.29, 0.717) is 4.90 Å². The molecule has 0 saturated carbocycles. The lowest BCUT2D eigenvalue weighted by Crippen LogP contribution is -2.39. The van der Waals surface area contributed by atoms with Gasteiger partial charge in [-0.15, -0.1) is 0 Å². The van der Waals surface area contributed by atoms with E-state index in [1.165, 1.54) is 6.07 Å². The second-order valence-corrected chi connectivity index (χ2v) is 4.02. The highest BCUT2D eigenvalue weighted by atomic mass is 35.5. The first-order valence-electron chi connectivity index (χ1n) is 5.02. The molecule has 1 amide bonds. The number of carbonyl (C=O) groups excluding carboxylic acids is 1. The van der Waals surface area contributed by atoms with Crippen LogP contribution in [0.4, 0.5) is 0 Å². The minimum Gasteiger partial charge on any atom is -0.506 e. The van der Waals surface area contributed by atoms with Crippen LogP contribution < -0.4 is 0 Å². The molecule has 0 unspecified atom stereocenters. The van der Waals surface area contributed by atoms with E-state index in [2.05, 4.69) is 0 Å². The monoisotopic (exact) mass is 287 g/mol. The smallest absolute Gasteiger partial charge is 0.323 e. The molecule has 0 aliphatic rings. The predicted molar refractivity (Wildman–Crippen MR) is 64.3 cm³/mol. The Bertz CT molecular complexity index is 514. The number of aliphatic carboxylic acids is 2. The lowest BCUT2D eigenvalue weighted by atomic mass is 10.2. The fourth-order valence-electron chi connectivity index (χ4n) is 1.35. The zero-order chi connectivity index (χ0) is 14.6. The molecule has 1 aromatic carbocycles. The van der Waals surface area contributed by atoms with Gasteiger partial charge >= 0.3 is 11.9 Å². The molecule has 7 nitrogen and oxygen atoms in total. The standard InChI is InChI=1S/C11H10ClNO6/c12-7-3-6(1-2-8(7)14)11(19)13(4-9(15)16)5-10(17)18/h1-3,14H,4-5H2,(H,15,16)(H,17,18). The van der Waals surface area contributed by atoms with Crippen LogP contribution >= 0.6 is 11.6 Å². The van der Waals surface area contributed by atoms with Crippen molar-refractivity contribution in [3.8, 4) is 5.75 Å². The Labute approximate surface area is 112 Å². The molecule has 19 heavy (non-hydrogen) atoms. The summed E-state index contributed by atoms with van der Waals surface area (Å²) in [7, 11) is 0. The normalized spacial score (nSPS) is 9.95. The lowest BCUT2D eigenvalue weighted by Gasteiger charge is -2.18. The van der Waals surface area contributed by atoms with Crippen molar-refractivity contribution in [1.29, 1.82) is 0 Å². The topological polar surface area (TPSA) is 115 Å². The molecule has 0 saturated heterocycles. The van der Waals surface area contributed by atoms with E-state index in [9.17, 15) is 19.5 Å². The SMILES string of the molecule is O=C(O)CN(CC(=O)O)C(=O)c1ccc(O)c(Cl)c1. The zero-order valence-corrected chi connectivity index (χ0v) is 10.3. The van der Waals surface area contributed by atoms with Gasteiger partial charge in [0.05, 0.1) is 5.02 Å². The predicted octanol–water partition coefficient (Wildman–Crippen LogP) is 0.657. The summed E-state index contributed by atoms with van der Waals surface area (Å²) in [6.45, 7) is -1.49. The Hall–Kier alpha value is -2.28. The van der Waals surface area contributed by atoms with Gasteiger partial charge in [-0.3, -0.25) is 14.4 Å². The summed E-state index contributed by atoms with van der Waals surface area (Å²) in [4.78, 5) is 33.8. The first kappa shape index (κ1) is 14.8. The maximum atomic E-state index is 11.9. The third-order valence-electron chi connectivity index (χ3n) is 2.13. The minimum absolute atomic E-state index is 0.00898. The number of rotatable bonds is 5. The number of phenolic OH excluding ortho intramolecular Hbond substituents is 1. The van der Waals surface area contributed by atoms with Crippen molar-refractivity contribution in [3.63, 3.8) is 0 Å². The lowest BCUT2D eigenvalue weighted by molar-refractivity contribution is -0.140. The molecule has 102 valence electrons. The van der Waals surface area contributed by atoms with Gasteiger partial charge in [-0.1, -0.05) is 11.6 Å². The molecule has 0 radical (unpaired) electrons. The number of carboxylic acids is 2. The van der Waals surface area contributed by atoms with E-state index >= 15 is 0 Å². The third-order valence-corrected chi connectivity index (χ3v) is 2.44. The number of carboxylic acid groups (broad SMARTS) is 2. The van der Waals surface area contributed by atoms with Crippen LogP contribution in [0.15, 0.2) is 18.2 Å². The van der Waals surface area contributed by atoms with Gasteiger partial charge in [0.25, 0.3) is 5.91 Å². The van der Waals surface area contributed by atoms with Crippen molar-refractivity contribution >= 4 is 29.4 Å². The molecule has 0 atom stereocenters. The van der Waals surface area contributed by atoms with Crippen LogP contribution in [0, 0.1) is 0 Å². The average molecular weight is 288 g/mol. The zero-order valence-electron chi connectivity index (χ0n) is 9.54. The van der Waals surface area contributed by atoms with Crippen LogP contribution in [-0.2, 0) is 9.59 Å². The van der Waals surface area contributed by atoms with Crippen LogP contribution in [0.1, 0.15) is 10.4 Å². The minimum atomic E-state index is -1.33. The molecule has 0 heterocycles. The van der Waals surface area contributed by atoms with E-state index < -0.39 is 30.9 Å². The summed E-state index contributed by atoms with van der Waals surface area (Å²) < 4.78 is 0. The molecule has 3 N–H and O–H groups in total. The molecule has 1 rings (SSSR count). The van der Waals surface area contributed by atoms with Crippen molar-refractivity contribution in [2.24, 2.45) is 0 Å². The highest BCUT2D eigenvalue weighted by Crippen LogP contribution is 2.24. The summed E-state index contributed by atoms with van der Waals surface area (Å²) in [5.74, 6) is -3.70. The van der Waals surface area contributed by atoms with Crippen LogP contribution in [0.2, 0.25) is 5.02 Å². The number of halogens is 1. The fourth-order valence-corrected chi connectivity index (χ4v) is 1.53. The van der Waals surface area contributed by atoms with E-state index in [1.807, 2.05) is 0 Å². The van der Waals surface area contributed by atoms with Gasteiger partial charge in [-0.2, -0.15) is 0 Å². The average Bonchev–Trinajstić information content (AvgIpc) is 2.29. The highest BCUT2D eigenvalue weighted by molar-refractivity contribution is 6.32. The Morgan fingerprint density at radius 3 is 2.05 bits per heavy atom. The van der Waals surface area contributed by atoms with Crippen molar-refractivity contribution < 1.29 is 29.7 Å². The summed E-state index contributed by atoms with van der Waals surface area (Å²) in [6.07, 6.45) is 0. The first-order valence-corrected chi connectivity index (χ1v) is 5.40. The summed E-state index contributed by atoms with van der Waals surface area (Å²) in [5.41, 5.74) is -0.00898. The Morgan fingerprint density at radius 2 is 1.63 bits per heavy atom. The van der Waals surface area contributed by atoms with Gasteiger partial charge in [-0.05, 0) is 18.2 Å². The number of amides is 1. The number of hydrogen-bond donors (Lipinski definition) is 3. The van der Waals surface area contributed by atoms with Crippen molar-refractivity contribution in [1.82, 2.24) is 4.90 Å². The van der Waals surface area contributed by atoms with Gasteiger partial charge in [0.2, 0.25) is 0 Å². The number of nitrogens with zero attached hydrogens (tertiary/aromatic N) is 1. The maximum Gasteiger partial charge on any atom is 0.323 e. The molecule has 8 heteroatoms. The molecule has 0 spiro atoms. The molecule has 0 aromatic heterocycles. The van der Waals surface area contributed by atoms with Crippen LogP contribution in [0.25, 0.3) is 0 Å². The van der Waals surface area contributed by atoms with Gasteiger partial charge < -0.3 is 20.2 Å². The Kier molecular flexibility index (Phi) is 4.71. The van der Waals surface area contributed by atoms with Crippen LogP contribution in [-0.4, -0.2) is 51.2 Å². The fraction of sp³-hybridized carbons (Fsp3) is 0.182. The van der Waals surface area contributed by atoms with Crippen molar-refractivity contribution in [2.75, 3.05) is 13.1 Å². The van der Waals surface area contributed by atoms with Crippen LogP contribution in [0.5, 0.6) is 5.75 Å². The molecule has 0 aliphatic heterocycles. The van der Waals surface area contributed by atoms with E-state index in [4.69, 9.17) is 21.8 Å². The molecular formula is C11H10ClNO6. The van der Waals surface area contributed by atoms with Crippen molar-refractivity contribution in [2.45, 2.75) is 0 Å². The summed E-state index contributed by atoms with van der Waals surface area (Å²) in [5, 5.41) is 26.4. The van der Waals surface area contributed by atoms with Gasteiger partial charge in [-0.25, -0.2) is 0 Å². The van der Waals surface area contributed by atoms with Crippen LogP contribution in [0.3, 0.4) is 0 Å². The molecule has 0 aliphatic carbocycles. The second-order valence-electron chi connectivity index (χ2n) is 3.61. The number of phenols is 1. The number of aromatic hydroxyl groups is 1. The quantitative estimate of drug-likeness (QED) is 0.732. The largest absolute Gasteiger partial charge is 0.506 e. The van der Waals surface area contributed by atoms with E-state index in [0.717, 1.165) is 12.1 Å². The number of hydrogen-bond acceptors (Lipinski definition) is 4. The third kappa shape index (κ3) is 4.14. The van der Waals surface area contributed by atoms with E-state index in [1.54, 1.807) is 0 Å². The first-order chi connectivity index (χ1) is 8.81. The van der Waals surface area contributed by atoms with Gasteiger partial charge in [0, 0.05) is 5.56 Å². The Balaban J connectivity index is 3.00. The molecular weight excluding hydrogens is 278 g/mol. The highest BCUT2D eigenvalue weighted by Gasteiger charge is 2.21. The maximum absolute atomic E-state index is 11.9. The second kappa shape index (κ2) is 6.05. The molecule has 0 bridgehead atoms. The molecule has 1 aromatic rings. The Morgan fingerprint density at radius 1 is 1.11 bits per heavy atom. The van der Waals surface area contributed by atoms with Gasteiger partial charge in [0.1, 0.15) is 18.8 Å². The number of benzene rings is 1. The van der Waals surface area contributed by atoms with Crippen molar-refractivity contribution in [3.05, 3.63) is 28.8 Å². The summed E-state index contributed by atoms with van der Waals surface area (Å²) in [6, 6.07) is 3.52. The van der Waals surface area contributed by atoms with Gasteiger partial charge in [0.15, 0.2) is 0 Å². The summed E-state index contributed by atoms with van der Waals surface area (Å²) >= 11 is 5.62. The van der Waals surface area contributed by atoms with E-state index in [-0.39, 0.29) is 16.3 Å². The number of carbonyl (C=O) groups is 3. The molecule has 0 fully saturated rings.